The molecule has 1 fully saturated rings. The third-order valence-corrected chi connectivity index (χ3v) is 3.96. The molecule has 1 saturated heterocycles. The maximum absolute atomic E-state index is 11.9. The van der Waals surface area contributed by atoms with Crippen LogP contribution >= 0.6 is 11.6 Å². The molecule has 1 atom stereocenters. The number of hydrogen-bond donors (Lipinski definition) is 3. The fraction of sp³-hybridized carbons (Fsp3) is 0.467. The number of primary amides is 1. The molecule has 2 rings (SSSR count). The number of carbonyl (C=O) groups excluding carboxylic acids is 2. The Balaban J connectivity index is 1.84. The lowest BCUT2D eigenvalue weighted by Gasteiger charge is -2.23. The van der Waals surface area contributed by atoms with Crippen molar-refractivity contribution < 1.29 is 9.59 Å². The Morgan fingerprint density at radius 2 is 2.19 bits per heavy atom. The van der Waals surface area contributed by atoms with Gasteiger partial charge < -0.3 is 16.4 Å². The molecule has 114 valence electrons. The molecule has 0 spiro atoms. The standard InChI is InChI=1S/C15H20ClN3O2/c16-13-9-11(4-6-12(13)15(17)21)19-14(20)7-5-10-3-1-2-8-18-10/h4,6,9-10,18H,1-3,5,7-8H2,(H2,17,21)(H,19,20). The van der Waals surface area contributed by atoms with E-state index in [0.29, 0.717) is 18.2 Å². The normalized spacial score (nSPS) is 18.2. The second kappa shape index (κ2) is 7.43. The zero-order valence-corrected chi connectivity index (χ0v) is 12.6. The van der Waals surface area contributed by atoms with Crippen molar-refractivity contribution in [1.29, 1.82) is 0 Å². The van der Waals surface area contributed by atoms with Crippen molar-refractivity contribution in [2.45, 2.75) is 38.1 Å². The maximum Gasteiger partial charge on any atom is 0.250 e. The van der Waals surface area contributed by atoms with E-state index >= 15 is 0 Å². The minimum atomic E-state index is -0.582. The maximum atomic E-state index is 11.9. The van der Waals surface area contributed by atoms with Gasteiger partial charge in [-0.3, -0.25) is 9.59 Å². The van der Waals surface area contributed by atoms with Crippen LogP contribution in [0.4, 0.5) is 5.69 Å². The number of benzene rings is 1. The van der Waals surface area contributed by atoms with Crippen LogP contribution < -0.4 is 16.4 Å². The molecule has 1 aliphatic heterocycles. The van der Waals surface area contributed by atoms with Gasteiger partial charge in [-0.2, -0.15) is 0 Å². The summed E-state index contributed by atoms with van der Waals surface area (Å²) in [5.74, 6) is -0.633. The summed E-state index contributed by atoms with van der Waals surface area (Å²) in [5.41, 5.74) is 6.01. The number of piperidine rings is 1. The van der Waals surface area contributed by atoms with Gasteiger partial charge in [0.25, 0.3) is 0 Å². The number of nitrogens with one attached hydrogen (secondary N) is 2. The number of rotatable bonds is 5. The lowest BCUT2D eigenvalue weighted by Crippen LogP contribution is -2.34. The van der Waals surface area contributed by atoms with Gasteiger partial charge in [-0.05, 0) is 44.0 Å². The molecular weight excluding hydrogens is 290 g/mol. The molecule has 1 heterocycles. The highest BCUT2D eigenvalue weighted by Gasteiger charge is 2.14. The molecule has 5 nitrogen and oxygen atoms in total. The van der Waals surface area contributed by atoms with E-state index in [9.17, 15) is 9.59 Å². The summed E-state index contributed by atoms with van der Waals surface area (Å²) < 4.78 is 0. The van der Waals surface area contributed by atoms with E-state index in [1.807, 2.05) is 0 Å². The van der Waals surface area contributed by atoms with Gasteiger partial charge in [-0.1, -0.05) is 18.0 Å². The highest BCUT2D eigenvalue weighted by molar-refractivity contribution is 6.34. The van der Waals surface area contributed by atoms with Crippen LogP contribution in [0.15, 0.2) is 18.2 Å². The second-order valence-corrected chi connectivity index (χ2v) is 5.70. The number of amides is 2. The van der Waals surface area contributed by atoms with Gasteiger partial charge in [0.2, 0.25) is 11.8 Å². The van der Waals surface area contributed by atoms with E-state index in [2.05, 4.69) is 10.6 Å². The summed E-state index contributed by atoms with van der Waals surface area (Å²) >= 11 is 5.94. The Morgan fingerprint density at radius 3 is 2.81 bits per heavy atom. The van der Waals surface area contributed by atoms with Crippen molar-refractivity contribution in [3.05, 3.63) is 28.8 Å². The first-order valence-electron chi connectivity index (χ1n) is 7.19. The van der Waals surface area contributed by atoms with Gasteiger partial charge in [0, 0.05) is 18.2 Å². The average molecular weight is 310 g/mol. The molecule has 0 aromatic heterocycles. The highest BCUT2D eigenvalue weighted by Crippen LogP contribution is 2.21. The van der Waals surface area contributed by atoms with Gasteiger partial charge in [0.15, 0.2) is 0 Å². The SMILES string of the molecule is NC(=O)c1ccc(NC(=O)CCC2CCCCN2)cc1Cl. The first kappa shape index (κ1) is 15.8. The predicted molar refractivity (Wildman–Crippen MR) is 83.5 cm³/mol. The molecular formula is C15H20ClN3O2. The van der Waals surface area contributed by atoms with Crippen molar-refractivity contribution in [3.63, 3.8) is 0 Å². The van der Waals surface area contributed by atoms with Crippen LogP contribution in [0, 0.1) is 0 Å². The van der Waals surface area contributed by atoms with Crippen LogP contribution in [0.3, 0.4) is 0 Å². The summed E-state index contributed by atoms with van der Waals surface area (Å²) in [7, 11) is 0. The molecule has 1 aliphatic rings. The summed E-state index contributed by atoms with van der Waals surface area (Å²) in [5, 5.41) is 6.44. The fourth-order valence-corrected chi connectivity index (χ4v) is 2.77. The van der Waals surface area contributed by atoms with Gasteiger partial charge in [-0.25, -0.2) is 0 Å². The molecule has 21 heavy (non-hydrogen) atoms. The highest BCUT2D eigenvalue weighted by atomic mass is 35.5. The Hall–Kier alpha value is -1.59. The molecule has 0 radical (unpaired) electrons. The van der Waals surface area contributed by atoms with Crippen LogP contribution in [-0.2, 0) is 4.79 Å². The average Bonchev–Trinajstić information content (AvgIpc) is 2.46. The zero-order valence-electron chi connectivity index (χ0n) is 11.8. The Labute approximate surface area is 129 Å². The van der Waals surface area contributed by atoms with E-state index in [1.54, 1.807) is 12.1 Å². The molecule has 0 bridgehead atoms. The third kappa shape index (κ3) is 4.72. The number of nitrogens with two attached hydrogens (primary N) is 1. The Bertz CT molecular complexity index is 528. The first-order valence-corrected chi connectivity index (χ1v) is 7.56. The van der Waals surface area contributed by atoms with Crippen LogP contribution in [-0.4, -0.2) is 24.4 Å². The number of carbonyl (C=O) groups is 2. The molecule has 0 aliphatic carbocycles. The predicted octanol–water partition coefficient (Wildman–Crippen LogP) is 2.30. The minimum absolute atomic E-state index is 0.0507. The summed E-state index contributed by atoms with van der Waals surface area (Å²) in [4.78, 5) is 23.0. The van der Waals surface area contributed by atoms with E-state index < -0.39 is 5.91 Å². The lowest BCUT2D eigenvalue weighted by molar-refractivity contribution is -0.116. The minimum Gasteiger partial charge on any atom is -0.366 e. The van der Waals surface area contributed by atoms with Crippen LogP contribution in [0.5, 0.6) is 0 Å². The molecule has 1 unspecified atom stereocenters. The van der Waals surface area contributed by atoms with Gasteiger partial charge in [-0.15, -0.1) is 0 Å². The largest absolute Gasteiger partial charge is 0.366 e. The quantitative estimate of drug-likeness (QED) is 0.780. The van der Waals surface area contributed by atoms with Crippen LogP contribution in [0.2, 0.25) is 5.02 Å². The van der Waals surface area contributed by atoms with Gasteiger partial charge in [0.05, 0.1) is 10.6 Å². The fourth-order valence-electron chi connectivity index (χ4n) is 2.49. The third-order valence-electron chi connectivity index (χ3n) is 3.65. The first-order chi connectivity index (χ1) is 10.1. The number of anilines is 1. The van der Waals surface area contributed by atoms with Crippen molar-refractivity contribution in [1.82, 2.24) is 5.32 Å². The van der Waals surface area contributed by atoms with E-state index in [4.69, 9.17) is 17.3 Å². The van der Waals surface area contributed by atoms with Crippen molar-refractivity contribution in [2.75, 3.05) is 11.9 Å². The molecule has 0 saturated carbocycles. The summed E-state index contributed by atoms with van der Waals surface area (Å²) in [6, 6.07) is 5.12. The van der Waals surface area contributed by atoms with Crippen LogP contribution in [0.25, 0.3) is 0 Å². The Kier molecular flexibility index (Phi) is 5.59. The molecule has 1 aromatic carbocycles. The van der Waals surface area contributed by atoms with Crippen molar-refractivity contribution in [2.24, 2.45) is 5.73 Å². The van der Waals surface area contributed by atoms with Crippen LogP contribution in [0.1, 0.15) is 42.5 Å². The Morgan fingerprint density at radius 1 is 1.38 bits per heavy atom. The molecule has 2 amide bonds. The van der Waals surface area contributed by atoms with Crippen molar-refractivity contribution in [3.8, 4) is 0 Å². The summed E-state index contributed by atoms with van der Waals surface area (Å²) in [6.45, 7) is 1.04. The van der Waals surface area contributed by atoms with Gasteiger partial charge in [0.1, 0.15) is 0 Å². The smallest absolute Gasteiger partial charge is 0.250 e. The molecule has 6 heteroatoms. The molecule has 1 aromatic rings. The summed E-state index contributed by atoms with van der Waals surface area (Å²) in [6.07, 6.45) is 4.87. The lowest BCUT2D eigenvalue weighted by atomic mass is 10.0. The van der Waals surface area contributed by atoms with E-state index in [0.717, 1.165) is 19.4 Å². The van der Waals surface area contributed by atoms with E-state index in [1.165, 1.54) is 18.9 Å². The number of hydrogen-bond acceptors (Lipinski definition) is 3. The number of halogens is 1. The van der Waals surface area contributed by atoms with Crippen molar-refractivity contribution >= 4 is 29.1 Å². The van der Waals surface area contributed by atoms with E-state index in [-0.39, 0.29) is 16.5 Å². The zero-order chi connectivity index (χ0) is 15.2. The topological polar surface area (TPSA) is 84.2 Å². The van der Waals surface area contributed by atoms with Gasteiger partial charge >= 0.3 is 0 Å². The monoisotopic (exact) mass is 309 g/mol. The molecule has 4 N–H and O–H groups in total. The second-order valence-electron chi connectivity index (χ2n) is 5.29.